The highest BCUT2D eigenvalue weighted by molar-refractivity contribution is 5.07. The molecule has 0 aliphatic heterocycles. The van der Waals surface area contributed by atoms with Crippen molar-refractivity contribution in [3.05, 3.63) is 24.0 Å². The maximum absolute atomic E-state index is 5.30. The van der Waals surface area contributed by atoms with Gasteiger partial charge in [0.25, 0.3) is 0 Å². The standard InChI is InChI=1S/C7H13NO/c1-3-4-5-7(6-8)9-2/h3-5H,6,8H2,1-2H3/b4-3+,7-5-. The first kappa shape index (κ1) is 8.24. The molecule has 0 aromatic rings. The van der Waals surface area contributed by atoms with Crippen LogP contribution in [0.2, 0.25) is 0 Å². The summed E-state index contributed by atoms with van der Waals surface area (Å²) in [5.74, 6) is 0.799. The Morgan fingerprint density at radius 1 is 1.67 bits per heavy atom. The smallest absolute Gasteiger partial charge is 0.109 e. The third-order valence-corrected chi connectivity index (χ3v) is 0.938. The second kappa shape index (κ2) is 5.38. The van der Waals surface area contributed by atoms with Gasteiger partial charge in [0.05, 0.1) is 13.7 Å². The molecule has 0 atom stereocenters. The number of ether oxygens (including phenoxy) is 1. The number of methoxy groups -OCH3 is 1. The lowest BCUT2D eigenvalue weighted by Gasteiger charge is -1.98. The van der Waals surface area contributed by atoms with Crippen LogP contribution in [0.3, 0.4) is 0 Å². The quantitative estimate of drug-likeness (QED) is 0.454. The van der Waals surface area contributed by atoms with Crippen molar-refractivity contribution >= 4 is 0 Å². The van der Waals surface area contributed by atoms with Gasteiger partial charge in [-0.15, -0.1) is 0 Å². The predicted octanol–water partition coefficient (Wildman–Crippen LogP) is 1.05. The van der Waals surface area contributed by atoms with E-state index in [1.807, 2.05) is 25.2 Å². The Kier molecular flexibility index (Phi) is 4.92. The fourth-order valence-electron chi connectivity index (χ4n) is 0.423. The predicted molar refractivity (Wildman–Crippen MR) is 39.0 cm³/mol. The highest BCUT2D eigenvalue weighted by atomic mass is 16.5. The molecular weight excluding hydrogens is 114 g/mol. The van der Waals surface area contributed by atoms with Gasteiger partial charge in [0.15, 0.2) is 0 Å². The number of rotatable bonds is 3. The number of nitrogens with two attached hydrogens (primary N) is 1. The molecule has 0 aromatic heterocycles. The van der Waals surface area contributed by atoms with Gasteiger partial charge in [-0.25, -0.2) is 0 Å². The van der Waals surface area contributed by atoms with Gasteiger partial charge >= 0.3 is 0 Å². The van der Waals surface area contributed by atoms with Crippen molar-refractivity contribution in [3.8, 4) is 0 Å². The molecule has 0 fully saturated rings. The lowest BCUT2D eigenvalue weighted by Crippen LogP contribution is -2.03. The third kappa shape index (κ3) is 3.79. The van der Waals surface area contributed by atoms with Crippen LogP contribution in [-0.2, 0) is 4.74 Å². The van der Waals surface area contributed by atoms with Crippen LogP contribution in [0.5, 0.6) is 0 Å². The molecule has 0 spiro atoms. The minimum absolute atomic E-state index is 0.459. The van der Waals surface area contributed by atoms with Crippen LogP contribution in [0.1, 0.15) is 6.92 Å². The van der Waals surface area contributed by atoms with Crippen molar-refractivity contribution in [1.82, 2.24) is 0 Å². The zero-order chi connectivity index (χ0) is 7.11. The van der Waals surface area contributed by atoms with E-state index in [2.05, 4.69) is 0 Å². The molecule has 0 bridgehead atoms. The minimum Gasteiger partial charge on any atom is -0.500 e. The lowest BCUT2D eigenvalue weighted by molar-refractivity contribution is 0.287. The normalized spacial score (nSPS) is 12.6. The molecule has 0 saturated carbocycles. The second-order valence-corrected chi connectivity index (χ2v) is 1.57. The summed E-state index contributed by atoms with van der Waals surface area (Å²) in [6, 6.07) is 0. The van der Waals surface area contributed by atoms with E-state index in [0.29, 0.717) is 6.54 Å². The first-order valence-electron chi connectivity index (χ1n) is 2.91. The van der Waals surface area contributed by atoms with Gasteiger partial charge in [-0.1, -0.05) is 12.2 Å². The van der Waals surface area contributed by atoms with Crippen molar-refractivity contribution < 1.29 is 4.74 Å². The zero-order valence-electron chi connectivity index (χ0n) is 5.92. The summed E-state index contributed by atoms with van der Waals surface area (Å²) in [4.78, 5) is 0. The summed E-state index contributed by atoms with van der Waals surface area (Å²) >= 11 is 0. The van der Waals surface area contributed by atoms with Crippen molar-refractivity contribution in [1.29, 1.82) is 0 Å². The van der Waals surface area contributed by atoms with Gasteiger partial charge in [0, 0.05) is 0 Å². The summed E-state index contributed by atoms with van der Waals surface area (Å²) in [5, 5.41) is 0. The topological polar surface area (TPSA) is 35.2 Å². The molecule has 0 aliphatic carbocycles. The molecule has 0 rings (SSSR count). The Morgan fingerprint density at radius 2 is 2.33 bits per heavy atom. The van der Waals surface area contributed by atoms with E-state index in [4.69, 9.17) is 10.5 Å². The summed E-state index contributed by atoms with van der Waals surface area (Å²) in [5.41, 5.74) is 5.30. The number of hydrogen-bond acceptors (Lipinski definition) is 2. The van der Waals surface area contributed by atoms with Gasteiger partial charge in [-0.2, -0.15) is 0 Å². The molecule has 2 heteroatoms. The molecule has 2 nitrogen and oxygen atoms in total. The SMILES string of the molecule is C/C=C/C=C(/CN)OC. The van der Waals surface area contributed by atoms with E-state index < -0.39 is 0 Å². The number of allylic oxidation sites excluding steroid dienone is 3. The summed E-state index contributed by atoms with van der Waals surface area (Å²) < 4.78 is 4.89. The van der Waals surface area contributed by atoms with Gasteiger partial charge < -0.3 is 10.5 Å². The van der Waals surface area contributed by atoms with E-state index in [0.717, 1.165) is 5.76 Å². The Labute approximate surface area is 56.0 Å². The largest absolute Gasteiger partial charge is 0.500 e. The zero-order valence-corrected chi connectivity index (χ0v) is 5.92. The second-order valence-electron chi connectivity index (χ2n) is 1.57. The van der Waals surface area contributed by atoms with Gasteiger partial charge in [-0.05, 0) is 13.0 Å². The molecule has 0 saturated heterocycles. The monoisotopic (exact) mass is 127 g/mol. The van der Waals surface area contributed by atoms with Crippen LogP contribution in [0, 0.1) is 0 Å². The van der Waals surface area contributed by atoms with Crippen molar-refractivity contribution in [2.75, 3.05) is 13.7 Å². The van der Waals surface area contributed by atoms with E-state index >= 15 is 0 Å². The molecule has 0 unspecified atom stereocenters. The van der Waals surface area contributed by atoms with E-state index in [1.54, 1.807) is 7.11 Å². The maximum atomic E-state index is 5.30. The Morgan fingerprint density at radius 3 is 2.67 bits per heavy atom. The molecule has 2 N–H and O–H groups in total. The molecule has 0 radical (unpaired) electrons. The summed E-state index contributed by atoms with van der Waals surface area (Å²) in [6.07, 6.45) is 5.67. The fourth-order valence-corrected chi connectivity index (χ4v) is 0.423. The fraction of sp³-hybridized carbons (Fsp3) is 0.429. The third-order valence-electron chi connectivity index (χ3n) is 0.938. The van der Waals surface area contributed by atoms with E-state index in [9.17, 15) is 0 Å². The maximum Gasteiger partial charge on any atom is 0.109 e. The van der Waals surface area contributed by atoms with Crippen LogP contribution in [0.25, 0.3) is 0 Å². The van der Waals surface area contributed by atoms with Crippen LogP contribution in [0.4, 0.5) is 0 Å². The highest BCUT2D eigenvalue weighted by Crippen LogP contribution is 1.90. The van der Waals surface area contributed by atoms with Crippen LogP contribution >= 0.6 is 0 Å². The van der Waals surface area contributed by atoms with Gasteiger partial charge in [0.2, 0.25) is 0 Å². The van der Waals surface area contributed by atoms with Crippen molar-refractivity contribution in [2.45, 2.75) is 6.92 Å². The minimum atomic E-state index is 0.459. The highest BCUT2D eigenvalue weighted by Gasteiger charge is 1.84. The lowest BCUT2D eigenvalue weighted by atomic mass is 10.4. The molecule has 0 aliphatic rings. The van der Waals surface area contributed by atoms with Gasteiger partial charge in [-0.3, -0.25) is 0 Å². The van der Waals surface area contributed by atoms with E-state index in [1.165, 1.54) is 0 Å². The summed E-state index contributed by atoms with van der Waals surface area (Å²) in [6.45, 7) is 2.40. The Bertz CT molecular complexity index is 110. The molecule has 0 aromatic carbocycles. The molecule has 0 amide bonds. The first-order chi connectivity index (χ1) is 4.35. The average molecular weight is 127 g/mol. The van der Waals surface area contributed by atoms with Crippen molar-refractivity contribution in [2.24, 2.45) is 5.73 Å². The number of hydrogen-bond donors (Lipinski definition) is 1. The van der Waals surface area contributed by atoms with Gasteiger partial charge in [0.1, 0.15) is 5.76 Å². The first-order valence-corrected chi connectivity index (χ1v) is 2.91. The van der Waals surface area contributed by atoms with E-state index in [-0.39, 0.29) is 0 Å². The Balaban J connectivity index is 3.75. The Hall–Kier alpha value is -0.760. The van der Waals surface area contributed by atoms with Crippen LogP contribution in [0.15, 0.2) is 24.0 Å². The molecular formula is C7H13NO. The summed E-state index contributed by atoms with van der Waals surface area (Å²) in [7, 11) is 1.61. The molecule has 9 heavy (non-hydrogen) atoms. The van der Waals surface area contributed by atoms with Crippen LogP contribution in [-0.4, -0.2) is 13.7 Å². The van der Waals surface area contributed by atoms with Crippen LogP contribution < -0.4 is 5.73 Å². The molecule has 52 valence electrons. The van der Waals surface area contributed by atoms with Crippen molar-refractivity contribution in [3.63, 3.8) is 0 Å². The average Bonchev–Trinajstić information content (AvgIpc) is 1.91. The molecule has 0 heterocycles.